The molecule has 0 amide bonds. The van der Waals surface area contributed by atoms with E-state index in [1.807, 2.05) is 39.8 Å². The van der Waals surface area contributed by atoms with Crippen molar-refractivity contribution in [3.63, 3.8) is 0 Å². The number of anilines is 1. The topological polar surface area (TPSA) is 118 Å². The van der Waals surface area contributed by atoms with Crippen LogP contribution >= 0.6 is 0 Å². The van der Waals surface area contributed by atoms with Crippen LogP contribution in [0.1, 0.15) is 31.2 Å². The average Bonchev–Trinajstić information content (AvgIpc) is 3.50. The molecule has 0 aliphatic carbocycles. The highest BCUT2D eigenvalue weighted by atomic mass is 16.3. The van der Waals surface area contributed by atoms with E-state index in [2.05, 4.69) is 14.9 Å². The largest absolute Gasteiger partial charge is 0.388 e. The molecule has 34 heavy (non-hydrogen) atoms. The lowest BCUT2D eigenvalue weighted by Gasteiger charge is -2.31. The van der Waals surface area contributed by atoms with Gasteiger partial charge in [0.05, 0.1) is 6.54 Å². The van der Waals surface area contributed by atoms with Gasteiger partial charge in [-0.25, -0.2) is 0 Å². The normalized spacial score (nSPS) is 19.4. The van der Waals surface area contributed by atoms with Crippen LogP contribution in [0.25, 0.3) is 11.2 Å². The van der Waals surface area contributed by atoms with Crippen molar-refractivity contribution in [2.24, 2.45) is 17.8 Å². The predicted molar refractivity (Wildman–Crippen MR) is 133 cm³/mol. The Balaban J connectivity index is 1.64. The van der Waals surface area contributed by atoms with Crippen LogP contribution in [0.5, 0.6) is 0 Å². The zero-order valence-corrected chi connectivity index (χ0v) is 19.6. The van der Waals surface area contributed by atoms with Crippen molar-refractivity contribution in [3.8, 4) is 0 Å². The third-order valence-corrected chi connectivity index (χ3v) is 6.71. The summed E-state index contributed by atoms with van der Waals surface area (Å²) in [4.78, 5) is 31.9. The summed E-state index contributed by atoms with van der Waals surface area (Å²) in [5.74, 6) is 1.49. The Morgan fingerprint density at radius 3 is 2.62 bits per heavy atom. The van der Waals surface area contributed by atoms with Gasteiger partial charge in [0.2, 0.25) is 11.9 Å². The number of aliphatic hydroxyl groups is 1. The SMILES string of the molecule is Cn1c(N=C(CO)N2CCCC2)nc2nc(N3CCCC(N)C3)n(Cc3ccccc3)c2c1=O. The zero-order chi connectivity index (χ0) is 23.7. The maximum atomic E-state index is 13.6. The number of aromatic nitrogens is 4. The fourth-order valence-corrected chi connectivity index (χ4v) is 4.88. The molecule has 2 aliphatic heterocycles. The van der Waals surface area contributed by atoms with E-state index in [1.165, 1.54) is 4.57 Å². The summed E-state index contributed by atoms with van der Waals surface area (Å²) in [5, 5.41) is 9.90. The first-order valence-corrected chi connectivity index (χ1v) is 12.0. The number of piperidine rings is 1. The fraction of sp³-hybridized carbons (Fsp3) is 0.500. The van der Waals surface area contributed by atoms with E-state index in [-0.39, 0.29) is 24.2 Å². The molecule has 2 fully saturated rings. The van der Waals surface area contributed by atoms with E-state index >= 15 is 0 Å². The fourth-order valence-electron chi connectivity index (χ4n) is 4.88. The molecule has 0 spiro atoms. The highest BCUT2D eigenvalue weighted by Crippen LogP contribution is 2.25. The number of imidazole rings is 1. The first-order valence-electron chi connectivity index (χ1n) is 12.0. The van der Waals surface area contributed by atoms with Gasteiger partial charge in [0, 0.05) is 39.3 Å². The van der Waals surface area contributed by atoms with Gasteiger partial charge in [-0.3, -0.25) is 13.9 Å². The number of aliphatic imine (C=N–C) groups is 1. The molecule has 0 bridgehead atoms. The molecular formula is C24H32N8O2. The smallest absolute Gasteiger partial charge is 0.281 e. The van der Waals surface area contributed by atoms with Crippen LogP contribution in [-0.4, -0.2) is 73.8 Å². The maximum Gasteiger partial charge on any atom is 0.281 e. The number of benzene rings is 1. The molecule has 2 aliphatic rings. The summed E-state index contributed by atoms with van der Waals surface area (Å²) in [6.07, 6.45) is 4.09. The molecule has 5 rings (SSSR count). The standard InChI is InChI=1S/C24H32N8O2/c1-29-22(34)20-21(27-23(29)26-19(16-33)30-11-5-6-12-30)28-24(31-13-7-10-18(25)15-31)32(20)14-17-8-3-2-4-9-17/h2-4,8-9,18,33H,5-7,10-16,25H2,1H3. The summed E-state index contributed by atoms with van der Waals surface area (Å²) in [6, 6.07) is 10.1. The van der Waals surface area contributed by atoms with Gasteiger partial charge in [0.15, 0.2) is 11.2 Å². The third-order valence-electron chi connectivity index (χ3n) is 6.71. The second-order valence-corrected chi connectivity index (χ2v) is 9.16. The number of amidine groups is 1. The van der Waals surface area contributed by atoms with Crippen molar-refractivity contribution < 1.29 is 5.11 Å². The lowest BCUT2D eigenvalue weighted by molar-refractivity contribution is 0.333. The number of hydrogen-bond acceptors (Lipinski definition) is 7. The minimum absolute atomic E-state index is 0.0715. The summed E-state index contributed by atoms with van der Waals surface area (Å²) in [7, 11) is 1.67. The minimum atomic E-state index is -0.210. The second kappa shape index (κ2) is 9.55. The number of nitrogens with zero attached hydrogens (tertiary/aromatic N) is 7. The summed E-state index contributed by atoms with van der Waals surface area (Å²) in [5.41, 5.74) is 7.94. The molecule has 3 N–H and O–H groups in total. The van der Waals surface area contributed by atoms with Crippen LogP contribution in [0.4, 0.5) is 11.9 Å². The van der Waals surface area contributed by atoms with E-state index < -0.39 is 0 Å². The molecule has 1 aromatic carbocycles. The Hall–Kier alpha value is -3.24. The molecule has 1 atom stereocenters. The highest BCUT2D eigenvalue weighted by molar-refractivity contribution is 5.86. The number of aliphatic hydroxyl groups excluding tert-OH is 1. The van der Waals surface area contributed by atoms with E-state index in [4.69, 9.17) is 10.7 Å². The van der Waals surface area contributed by atoms with Crippen LogP contribution < -0.4 is 16.2 Å². The van der Waals surface area contributed by atoms with Crippen LogP contribution in [0, 0.1) is 0 Å². The molecule has 2 saturated heterocycles. The lowest BCUT2D eigenvalue weighted by atomic mass is 10.1. The van der Waals surface area contributed by atoms with Gasteiger partial charge >= 0.3 is 0 Å². The number of fused-ring (bicyclic) bond motifs is 1. The minimum Gasteiger partial charge on any atom is -0.388 e. The zero-order valence-electron chi connectivity index (χ0n) is 19.6. The van der Waals surface area contributed by atoms with Crippen molar-refractivity contribution in [1.29, 1.82) is 0 Å². The Morgan fingerprint density at radius 1 is 1.15 bits per heavy atom. The molecule has 180 valence electrons. The first kappa shape index (κ1) is 22.5. The van der Waals surface area contributed by atoms with Gasteiger partial charge in [0.1, 0.15) is 12.4 Å². The Labute approximate surface area is 198 Å². The summed E-state index contributed by atoms with van der Waals surface area (Å²) >= 11 is 0. The van der Waals surface area contributed by atoms with Crippen LogP contribution in [0.15, 0.2) is 40.1 Å². The number of likely N-dealkylation sites (tertiary alicyclic amines) is 1. The molecule has 2 aromatic heterocycles. The monoisotopic (exact) mass is 464 g/mol. The van der Waals surface area contributed by atoms with Gasteiger partial charge in [0.25, 0.3) is 5.56 Å². The van der Waals surface area contributed by atoms with Crippen LogP contribution in [-0.2, 0) is 13.6 Å². The van der Waals surface area contributed by atoms with Gasteiger partial charge in [-0.05, 0) is 31.2 Å². The predicted octanol–water partition coefficient (Wildman–Crippen LogP) is 1.22. The van der Waals surface area contributed by atoms with Gasteiger partial charge in [-0.15, -0.1) is 0 Å². The van der Waals surface area contributed by atoms with E-state index in [1.54, 1.807) is 7.05 Å². The van der Waals surface area contributed by atoms with Gasteiger partial charge in [-0.2, -0.15) is 15.0 Å². The Morgan fingerprint density at radius 2 is 1.91 bits per heavy atom. The molecule has 10 nitrogen and oxygen atoms in total. The number of rotatable bonds is 5. The highest BCUT2D eigenvalue weighted by Gasteiger charge is 2.26. The van der Waals surface area contributed by atoms with Gasteiger partial charge < -0.3 is 20.6 Å². The lowest BCUT2D eigenvalue weighted by Crippen LogP contribution is -2.44. The van der Waals surface area contributed by atoms with Crippen molar-refractivity contribution >= 4 is 28.9 Å². The third kappa shape index (κ3) is 4.30. The molecule has 3 aromatic rings. The van der Waals surface area contributed by atoms with E-state index in [0.717, 1.165) is 50.9 Å². The van der Waals surface area contributed by atoms with Crippen molar-refractivity contribution in [1.82, 2.24) is 24.0 Å². The molecule has 0 radical (unpaired) electrons. The average molecular weight is 465 g/mol. The summed E-state index contributed by atoms with van der Waals surface area (Å²) < 4.78 is 3.40. The molecule has 0 saturated carbocycles. The van der Waals surface area contributed by atoms with Crippen molar-refractivity contribution in [2.75, 3.05) is 37.7 Å². The van der Waals surface area contributed by atoms with Crippen molar-refractivity contribution in [3.05, 3.63) is 46.2 Å². The number of hydrogen-bond donors (Lipinski definition) is 2. The Kier molecular flexibility index (Phi) is 6.34. The molecule has 4 heterocycles. The maximum absolute atomic E-state index is 13.6. The molecule has 1 unspecified atom stereocenters. The van der Waals surface area contributed by atoms with E-state index in [0.29, 0.717) is 36.0 Å². The van der Waals surface area contributed by atoms with Crippen molar-refractivity contribution in [2.45, 2.75) is 38.3 Å². The number of nitrogens with two attached hydrogens (primary N) is 1. The van der Waals surface area contributed by atoms with Gasteiger partial charge in [-0.1, -0.05) is 30.3 Å². The first-order chi connectivity index (χ1) is 16.5. The molecular weight excluding hydrogens is 432 g/mol. The quantitative estimate of drug-likeness (QED) is 0.431. The second-order valence-electron chi connectivity index (χ2n) is 9.16. The Bertz CT molecular complexity index is 1240. The van der Waals surface area contributed by atoms with Crippen LogP contribution in [0.2, 0.25) is 0 Å². The molecule has 10 heteroatoms. The van der Waals surface area contributed by atoms with E-state index in [9.17, 15) is 9.90 Å². The van der Waals surface area contributed by atoms with Crippen LogP contribution in [0.3, 0.4) is 0 Å². The summed E-state index contributed by atoms with van der Waals surface area (Å²) in [6.45, 7) is 3.52.